The molecule has 1 unspecified atom stereocenters. The summed E-state index contributed by atoms with van der Waals surface area (Å²) in [4.78, 5) is 0. The van der Waals surface area contributed by atoms with Gasteiger partial charge in [-0.15, -0.1) is 0 Å². The van der Waals surface area contributed by atoms with Crippen LogP contribution in [-0.2, 0) is 11.3 Å². The summed E-state index contributed by atoms with van der Waals surface area (Å²) in [5.74, 6) is 1.07. The van der Waals surface area contributed by atoms with Crippen molar-refractivity contribution < 1.29 is 4.74 Å². The lowest BCUT2D eigenvalue weighted by molar-refractivity contribution is 0.188. The summed E-state index contributed by atoms with van der Waals surface area (Å²) in [6.07, 6.45) is 7.52. The minimum atomic E-state index is 0.534. The van der Waals surface area contributed by atoms with E-state index in [1.54, 1.807) is 0 Å². The van der Waals surface area contributed by atoms with Crippen molar-refractivity contribution in [1.82, 2.24) is 5.32 Å². The second-order valence-corrected chi connectivity index (χ2v) is 5.38. The van der Waals surface area contributed by atoms with Crippen LogP contribution in [0.1, 0.15) is 45.6 Å². The number of anilines is 1. The minimum Gasteiger partial charge on any atom is -0.493 e. The third-order valence-corrected chi connectivity index (χ3v) is 3.66. The molecule has 22 heavy (non-hydrogen) atoms. The highest BCUT2D eigenvalue weighted by Gasteiger charge is 2.10. The van der Waals surface area contributed by atoms with E-state index >= 15 is 0 Å². The van der Waals surface area contributed by atoms with E-state index in [9.17, 15) is 0 Å². The molecule has 0 aromatic heterocycles. The molecule has 1 aliphatic carbocycles. The Kier molecular flexibility index (Phi) is 8.38. The van der Waals surface area contributed by atoms with E-state index in [2.05, 4.69) is 24.4 Å². The molecule has 0 amide bonds. The third-order valence-electron chi connectivity index (χ3n) is 3.66. The molecule has 0 saturated heterocycles. The second-order valence-electron chi connectivity index (χ2n) is 5.38. The van der Waals surface area contributed by atoms with Crippen LogP contribution >= 0.6 is 0 Å². The summed E-state index contributed by atoms with van der Waals surface area (Å²) in [5.41, 5.74) is 9.10. The van der Waals surface area contributed by atoms with Crippen molar-refractivity contribution in [3.05, 3.63) is 53.3 Å². The maximum absolute atomic E-state index is 5.85. The molecule has 3 heteroatoms. The van der Waals surface area contributed by atoms with Crippen LogP contribution in [0.2, 0.25) is 0 Å². The molecule has 3 nitrogen and oxygen atoms in total. The van der Waals surface area contributed by atoms with Crippen LogP contribution in [0.15, 0.2) is 47.7 Å². The standard InChI is InChI=1S/C17H24N2O.C2H6/c1-13(19-2)11-14-5-9-17(10-6-14)20-12-15-3-7-16(18)8-4-15;1-2/h3-5,7-9,13,19H,6,10-12,18H2,1-2H3;1-2H3. The van der Waals surface area contributed by atoms with Gasteiger partial charge < -0.3 is 15.8 Å². The summed E-state index contributed by atoms with van der Waals surface area (Å²) >= 11 is 0. The highest BCUT2D eigenvalue weighted by atomic mass is 16.5. The average molecular weight is 302 g/mol. The average Bonchev–Trinajstić information content (AvgIpc) is 2.57. The predicted molar refractivity (Wildman–Crippen MR) is 95.5 cm³/mol. The minimum absolute atomic E-state index is 0.534. The van der Waals surface area contributed by atoms with E-state index in [0.29, 0.717) is 12.6 Å². The van der Waals surface area contributed by atoms with Crippen molar-refractivity contribution in [2.45, 2.75) is 52.7 Å². The van der Waals surface area contributed by atoms with Gasteiger partial charge in [0.1, 0.15) is 6.61 Å². The summed E-state index contributed by atoms with van der Waals surface area (Å²) in [6, 6.07) is 8.37. The number of ether oxygens (including phenoxy) is 1. The van der Waals surface area contributed by atoms with Gasteiger partial charge in [-0.2, -0.15) is 0 Å². The summed E-state index contributed by atoms with van der Waals surface area (Å²) in [6.45, 7) is 6.82. The van der Waals surface area contributed by atoms with Gasteiger partial charge in [-0.05, 0) is 50.6 Å². The van der Waals surface area contributed by atoms with Gasteiger partial charge in [-0.3, -0.25) is 0 Å². The molecule has 0 aliphatic heterocycles. The van der Waals surface area contributed by atoms with E-state index < -0.39 is 0 Å². The Morgan fingerprint density at radius 2 is 1.82 bits per heavy atom. The number of hydrogen-bond acceptors (Lipinski definition) is 3. The van der Waals surface area contributed by atoms with Crippen LogP contribution in [0.3, 0.4) is 0 Å². The summed E-state index contributed by atoms with van der Waals surface area (Å²) < 4.78 is 5.85. The largest absolute Gasteiger partial charge is 0.493 e. The number of nitrogens with one attached hydrogen (secondary N) is 1. The Labute approximate surface area is 135 Å². The van der Waals surface area contributed by atoms with Crippen LogP contribution in [0.4, 0.5) is 5.69 Å². The molecule has 0 heterocycles. The van der Waals surface area contributed by atoms with Crippen molar-refractivity contribution in [1.29, 1.82) is 0 Å². The van der Waals surface area contributed by atoms with E-state index in [1.807, 2.05) is 45.2 Å². The number of benzene rings is 1. The normalized spacial score (nSPS) is 15.1. The Morgan fingerprint density at radius 1 is 1.14 bits per heavy atom. The van der Waals surface area contributed by atoms with Gasteiger partial charge in [-0.25, -0.2) is 0 Å². The van der Waals surface area contributed by atoms with Crippen LogP contribution in [0, 0.1) is 0 Å². The molecule has 3 N–H and O–H groups in total. The first-order valence-corrected chi connectivity index (χ1v) is 8.20. The maximum Gasteiger partial charge on any atom is 0.113 e. The lowest BCUT2D eigenvalue weighted by Crippen LogP contribution is -2.21. The van der Waals surface area contributed by atoms with Crippen molar-refractivity contribution in [3.8, 4) is 0 Å². The molecule has 0 bridgehead atoms. The van der Waals surface area contributed by atoms with Gasteiger partial charge in [-0.1, -0.05) is 37.6 Å². The Morgan fingerprint density at radius 3 is 2.36 bits per heavy atom. The highest BCUT2D eigenvalue weighted by Crippen LogP contribution is 2.23. The van der Waals surface area contributed by atoms with Gasteiger partial charge >= 0.3 is 0 Å². The first-order valence-electron chi connectivity index (χ1n) is 8.20. The molecular weight excluding hydrogens is 272 g/mol. The molecule has 0 fully saturated rings. The zero-order valence-corrected chi connectivity index (χ0v) is 14.4. The van der Waals surface area contributed by atoms with E-state index in [4.69, 9.17) is 10.5 Å². The molecule has 2 rings (SSSR count). The third kappa shape index (κ3) is 6.35. The molecule has 0 radical (unpaired) electrons. The first kappa shape index (κ1) is 18.3. The first-order chi connectivity index (χ1) is 10.7. The second kappa shape index (κ2) is 10.1. The highest BCUT2D eigenvalue weighted by molar-refractivity contribution is 5.39. The fraction of sp³-hybridized carbons (Fsp3) is 0.474. The van der Waals surface area contributed by atoms with Crippen LogP contribution in [-0.4, -0.2) is 13.1 Å². The van der Waals surface area contributed by atoms with Crippen LogP contribution in [0.25, 0.3) is 0 Å². The number of hydrogen-bond donors (Lipinski definition) is 2. The lowest BCUT2D eigenvalue weighted by Gasteiger charge is -2.18. The van der Waals surface area contributed by atoms with Gasteiger partial charge in [0.25, 0.3) is 0 Å². The number of nitrogens with two attached hydrogens (primary N) is 1. The molecule has 122 valence electrons. The molecular formula is C19H30N2O. The summed E-state index contributed by atoms with van der Waals surface area (Å²) in [7, 11) is 2.01. The molecule has 1 aromatic carbocycles. The molecule has 1 atom stereocenters. The van der Waals surface area contributed by atoms with E-state index in [0.717, 1.165) is 36.3 Å². The molecule has 0 spiro atoms. The zero-order chi connectivity index (χ0) is 16.4. The quantitative estimate of drug-likeness (QED) is 0.765. The SMILES string of the molecule is CC.CNC(C)CC1=CC=C(OCc2ccc(N)cc2)CC1. The Balaban J connectivity index is 0.00000116. The molecule has 1 aliphatic rings. The smallest absolute Gasteiger partial charge is 0.113 e. The maximum atomic E-state index is 5.85. The number of rotatable bonds is 6. The number of nitrogen functional groups attached to an aromatic ring is 1. The van der Waals surface area contributed by atoms with Gasteiger partial charge in [0, 0.05) is 18.2 Å². The fourth-order valence-electron chi connectivity index (χ4n) is 2.24. The fourth-order valence-corrected chi connectivity index (χ4v) is 2.24. The number of allylic oxidation sites excluding steroid dienone is 3. The Hall–Kier alpha value is -1.74. The van der Waals surface area contributed by atoms with Crippen LogP contribution in [0.5, 0.6) is 0 Å². The van der Waals surface area contributed by atoms with Crippen LogP contribution < -0.4 is 11.1 Å². The van der Waals surface area contributed by atoms with E-state index in [1.165, 1.54) is 5.57 Å². The van der Waals surface area contributed by atoms with Crippen molar-refractivity contribution in [2.24, 2.45) is 0 Å². The van der Waals surface area contributed by atoms with Crippen molar-refractivity contribution >= 4 is 5.69 Å². The zero-order valence-electron chi connectivity index (χ0n) is 14.4. The topological polar surface area (TPSA) is 47.3 Å². The van der Waals surface area contributed by atoms with E-state index in [-0.39, 0.29) is 0 Å². The molecule has 0 saturated carbocycles. The van der Waals surface area contributed by atoms with Gasteiger partial charge in [0.2, 0.25) is 0 Å². The van der Waals surface area contributed by atoms with Gasteiger partial charge in [0.05, 0.1) is 5.76 Å². The van der Waals surface area contributed by atoms with Crippen molar-refractivity contribution in [3.63, 3.8) is 0 Å². The Bertz CT molecular complexity index is 489. The van der Waals surface area contributed by atoms with Crippen molar-refractivity contribution in [2.75, 3.05) is 12.8 Å². The predicted octanol–water partition coefficient (Wildman–Crippen LogP) is 4.41. The lowest BCUT2D eigenvalue weighted by atomic mass is 9.98. The summed E-state index contributed by atoms with van der Waals surface area (Å²) in [5, 5.41) is 3.27. The van der Waals surface area contributed by atoms with Gasteiger partial charge in [0.15, 0.2) is 0 Å². The monoisotopic (exact) mass is 302 g/mol. The molecule has 1 aromatic rings.